The minimum Gasteiger partial charge on any atom is -0.489 e. The molecule has 28 heavy (non-hydrogen) atoms. The van der Waals surface area contributed by atoms with E-state index in [0.717, 1.165) is 28.1 Å². The molecule has 2 N–H and O–H groups in total. The molecular formula is C22H24N2O4. The Bertz CT molecular complexity index is 907. The lowest BCUT2D eigenvalue weighted by Crippen LogP contribution is -2.25. The Morgan fingerprint density at radius 3 is 2.82 bits per heavy atom. The first-order valence-corrected chi connectivity index (χ1v) is 9.10. The zero-order chi connectivity index (χ0) is 20.1. The third-order valence-corrected chi connectivity index (χ3v) is 4.73. The zero-order valence-corrected chi connectivity index (χ0v) is 16.1. The van der Waals surface area contributed by atoms with Gasteiger partial charge < -0.3 is 20.1 Å². The van der Waals surface area contributed by atoms with Crippen LogP contribution in [0.3, 0.4) is 0 Å². The second kappa shape index (κ2) is 8.71. The van der Waals surface area contributed by atoms with E-state index in [4.69, 9.17) is 9.47 Å². The van der Waals surface area contributed by atoms with Crippen LogP contribution in [0.15, 0.2) is 49.1 Å². The van der Waals surface area contributed by atoms with Gasteiger partial charge in [0.05, 0.1) is 0 Å². The summed E-state index contributed by atoms with van der Waals surface area (Å²) in [6.07, 6.45) is 2.02. The molecule has 146 valence electrons. The molecule has 0 bridgehead atoms. The van der Waals surface area contributed by atoms with Gasteiger partial charge in [-0.1, -0.05) is 36.9 Å². The lowest BCUT2D eigenvalue weighted by atomic mass is 9.83. The van der Waals surface area contributed by atoms with Crippen LogP contribution in [0.4, 0.5) is 11.4 Å². The lowest BCUT2D eigenvalue weighted by molar-refractivity contribution is -0.119. The fraction of sp³-hybridized carbons (Fsp3) is 0.273. The predicted molar refractivity (Wildman–Crippen MR) is 109 cm³/mol. The molecule has 0 unspecified atom stereocenters. The van der Waals surface area contributed by atoms with Gasteiger partial charge in [-0.05, 0) is 30.2 Å². The molecule has 0 saturated heterocycles. The molecular weight excluding hydrogens is 356 g/mol. The Balaban J connectivity index is 2.01. The van der Waals surface area contributed by atoms with Gasteiger partial charge in [0.2, 0.25) is 11.8 Å². The molecule has 0 spiro atoms. The first kappa shape index (κ1) is 19.6. The summed E-state index contributed by atoms with van der Waals surface area (Å²) in [7, 11) is 1.47. The van der Waals surface area contributed by atoms with Gasteiger partial charge in [0.15, 0.2) is 0 Å². The van der Waals surface area contributed by atoms with E-state index in [-0.39, 0.29) is 24.3 Å². The fourth-order valence-corrected chi connectivity index (χ4v) is 3.45. The van der Waals surface area contributed by atoms with Gasteiger partial charge in [-0.2, -0.15) is 0 Å². The average molecular weight is 380 g/mol. The van der Waals surface area contributed by atoms with Crippen molar-refractivity contribution in [2.24, 2.45) is 0 Å². The number of hydrogen-bond donors (Lipinski definition) is 2. The van der Waals surface area contributed by atoms with Crippen molar-refractivity contribution >= 4 is 23.2 Å². The van der Waals surface area contributed by atoms with E-state index in [1.165, 1.54) is 7.11 Å². The number of para-hydroxylation sites is 1. The van der Waals surface area contributed by atoms with Gasteiger partial charge in [-0.3, -0.25) is 9.59 Å². The first-order chi connectivity index (χ1) is 13.5. The van der Waals surface area contributed by atoms with Gasteiger partial charge in [0, 0.05) is 36.4 Å². The monoisotopic (exact) mass is 380 g/mol. The molecule has 1 heterocycles. The van der Waals surface area contributed by atoms with Gasteiger partial charge >= 0.3 is 0 Å². The summed E-state index contributed by atoms with van der Waals surface area (Å²) in [5.74, 6) is 0.294. The quantitative estimate of drug-likeness (QED) is 0.720. The molecule has 1 aliphatic rings. The normalized spacial score (nSPS) is 15.4. The van der Waals surface area contributed by atoms with Crippen molar-refractivity contribution in [3.05, 3.63) is 65.7 Å². The number of rotatable bonds is 7. The summed E-state index contributed by atoms with van der Waals surface area (Å²) in [6.45, 7) is 5.94. The molecule has 1 aliphatic heterocycles. The van der Waals surface area contributed by atoms with Gasteiger partial charge in [-0.15, -0.1) is 0 Å². The topological polar surface area (TPSA) is 76.7 Å². The Hall–Kier alpha value is -3.12. The van der Waals surface area contributed by atoms with Crippen LogP contribution in [0.1, 0.15) is 29.0 Å². The Morgan fingerprint density at radius 1 is 1.29 bits per heavy atom. The van der Waals surface area contributed by atoms with E-state index >= 15 is 0 Å². The fourth-order valence-electron chi connectivity index (χ4n) is 3.45. The Morgan fingerprint density at radius 2 is 2.07 bits per heavy atom. The highest BCUT2D eigenvalue weighted by Gasteiger charge is 2.30. The molecule has 6 nitrogen and oxygen atoms in total. The van der Waals surface area contributed by atoms with E-state index in [1.807, 2.05) is 43.3 Å². The standard InChI is InChI=1S/C22H24N2O4/c1-4-11-28-19-8-6-5-7-15(19)17-12-20(25)24-22-14(2)18(10-9-16(17)22)23-21(26)13-27-3/h4-10,17H,1,11-13H2,2-3H3,(H,23,26)(H,24,25)/t17-/m1/s1. The van der Waals surface area contributed by atoms with Gasteiger partial charge in [-0.25, -0.2) is 0 Å². The van der Waals surface area contributed by atoms with Crippen molar-refractivity contribution in [2.75, 3.05) is 31.0 Å². The molecule has 3 rings (SSSR count). The Kier molecular flexibility index (Phi) is 6.11. The number of benzene rings is 2. The highest BCUT2D eigenvalue weighted by Crippen LogP contribution is 2.43. The molecule has 0 saturated carbocycles. The third-order valence-electron chi connectivity index (χ3n) is 4.73. The van der Waals surface area contributed by atoms with Crippen LogP contribution in [0.2, 0.25) is 0 Å². The van der Waals surface area contributed by atoms with E-state index in [1.54, 1.807) is 6.08 Å². The molecule has 6 heteroatoms. The van der Waals surface area contributed by atoms with Crippen LogP contribution in [0.25, 0.3) is 0 Å². The van der Waals surface area contributed by atoms with Crippen LogP contribution < -0.4 is 15.4 Å². The highest BCUT2D eigenvalue weighted by atomic mass is 16.5. The second-order valence-electron chi connectivity index (χ2n) is 6.63. The summed E-state index contributed by atoms with van der Waals surface area (Å²) in [6, 6.07) is 11.5. The maximum absolute atomic E-state index is 12.4. The first-order valence-electron chi connectivity index (χ1n) is 9.10. The number of ether oxygens (including phenoxy) is 2. The summed E-state index contributed by atoms with van der Waals surface area (Å²) >= 11 is 0. The van der Waals surface area contributed by atoms with E-state index < -0.39 is 0 Å². The van der Waals surface area contributed by atoms with Crippen molar-refractivity contribution in [1.29, 1.82) is 0 Å². The summed E-state index contributed by atoms with van der Waals surface area (Å²) < 4.78 is 10.7. The van der Waals surface area contributed by atoms with Crippen LogP contribution in [0.5, 0.6) is 5.75 Å². The van der Waals surface area contributed by atoms with E-state index in [9.17, 15) is 9.59 Å². The van der Waals surface area contributed by atoms with Crippen LogP contribution in [-0.4, -0.2) is 32.1 Å². The van der Waals surface area contributed by atoms with Gasteiger partial charge in [0.25, 0.3) is 0 Å². The van der Waals surface area contributed by atoms with Crippen LogP contribution in [0, 0.1) is 6.92 Å². The third kappa shape index (κ3) is 4.07. The molecule has 2 aromatic carbocycles. The van der Waals surface area contributed by atoms with E-state index in [2.05, 4.69) is 17.2 Å². The number of carbonyl (C=O) groups is 2. The molecule has 1 atom stereocenters. The van der Waals surface area contributed by atoms with Crippen molar-refractivity contribution in [1.82, 2.24) is 0 Å². The Labute approximate surface area is 164 Å². The predicted octanol–water partition coefficient (Wildman–Crippen LogP) is 3.62. The highest BCUT2D eigenvalue weighted by molar-refractivity contribution is 5.99. The van der Waals surface area contributed by atoms with Gasteiger partial charge in [0.1, 0.15) is 19.0 Å². The molecule has 0 fully saturated rings. The number of anilines is 2. The number of methoxy groups -OCH3 is 1. The summed E-state index contributed by atoms with van der Waals surface area (Å²) in [5, 5.41) is 5.78. The average Bonchev–Trinajstić information content (AvgIpc) is 2.69. The smallest absolute Gasteiger partial charge is 0.250 e. The molecule has 2 amide bonds. The number of nitrogens with one attached hydrogen (secondary N) is 2. The maximum atomic E-state index is 12.4. The largest absolute Gasteiger partial charge is 0.489 e. The SMILES string of the molecule is C=CCOc1ccccc1[C@H]1CC(=O)Nc2c1ccc(NC(=O)COC)c2C. The number of carbonyl (C=O) groups excluding carboxylic acids is 2. The molecule has 0 aromatic heterocycles. The molecule has 0 radical (unpaired) electrons. The van der Waals surface area contributed by atoms with Crippen molar-refractivity contribution < 1.29 is 19.1 Å². The van der Waals surface area contributed by atoms with Crippen molar-refractivity contribution in [3.63, 3.8) is 0 Å². The zero-order valence-electron chi connectivity index (χ0n) is 16.1. The van der Waals surface area contributed by atoms with Crippen molar-refractivity contribution in [3.8, 4) is 5.75 Å². The molecule has 0 aliphatic carbocycles. The van der Waals surface area contributed by atoms with Crippen molar-refractivity contribution in [2.45, 2.75) is 19.3 Å². The second-order valence-corrected chi connectivity index (χ2v) is 6.63. The number of fused-ring (bicyclic) bond motifs is 1. The number of hydrogen-bond acceptors (Lipinski definition) is 4. The summed E-state index contributed by atoms with van der Waals surface area (Å²) in [4.78, 5) is 24.3. The van der Waals surface area contributed by atoms with Crippen LogP contribution in [-0.2, 0) is 14.3 Å². The number of amides is 2. The van der Waals surface area contributed by atoms with E-state index in [0.29, 0.717) is 18.7 Å². The minimum atomic E-state index is -0.243. The molecule has 2 aromatic rings. The van der Waals surface area contributed by atoms with Crippen LogP contribution >= 0.6 is 0 Å². The maximum Gasteiger partial charge on any atom is 0.250 e. The summed E-state index contributed by atoms with van der Waals surface area (Å²) in [5.41, 5.74) is 4.14. The lowest BCUT2D eigenvalue weighted by Gasteiger charge is -2.29. The minimum absolute atomic E-state index is 0.0282.